The van der Waals surface area contributed by atoms with E-state index >= 15 is 0 Å². The summed E-state index contributed by atoms with van der Waals surface area (Å²) in [4.78, 5) is 2.44. The first kappa shape index (κ1) is 14.0. The molecule has 1 aliphatic rings. The third-order valence-electron chi connectivity index (χ3n) is 3.63. The van der Waals surface area contributed by atoms with E-state index < -0.39 is 0 Å². The van der Waals surface area contributed by atoms with Crippen LogP contribution in [-0.2, 0) is 0 Å². The summed E-state index contributed by atoms with van der Waals surface area (Å²) in [6.45, 7) is 2.77. The van der Waals surface area contributed by atoms with Crippen LogP contribution in [0.5, 0.6) is 0 Å². The normalized spacial score (nSPS) is 19.5. The number of halogens is 2. The van der Waals surface area contributed by atoms with Crippen LogP contribution < -0.4 is 5.73 Å². The Morgan fingerprint density at radius 2 is 1.89 bits per heavy atom. The van der Waals surface area contributed by atoms with Gasteiger partial charge in [0, 0.05) is 12.6 Å². The van der Waals surface area contributed by atoms with Crippen LogP contribution in [0.15, 0.2) is 22.7 Å². The molecule has 0 saturated carbocycles. The van der Waals surface area contributed by atoms with Crippen molar-refractivity contribution in [3.63, 3.8) is 0 Å². The lowest BCUT2D eigenvalue weighted by molar-refractivity contribution is 0.209. The average molecular weight is 315 g/mol. The molecule has 1 aromatic rings. The number of nitrogens with zero attached hydrogens (tertiary/aromatic N) is 1. The van der Waals surface area contributed by atoms with Gasteiger partial charge in [-0.1, -0.05) is 18.9 Å². The fourth-order valence-electron chi connectivity index (χ4n) is 2.62. The molecule has 2 rings (SSSR count). The van der Waals surface area contributed by atoms with Crippen molar-refractivity contribution in [2.45, 2.75) is 31.7 Å². The van der Waals surface area contributed by atoms with Gasteiger partial charge in [0.2, 0.25) is 0 Å². The molecule has 0 aliphatic carbocycles. The molecule has 4 heteroatoms. The highest BCUT2D eigenvalue weighted by Gasteiger charge is 2.20. The largest absolute Gasteiger partial charge is 0.329 e. The number of hydrogen-bond donors (Lipinski definition) is 1. The maximum Gasteiger partial charge on any atom is 0.137 e. The Balaban J connectivity index is 2.17. The van der Waals surface area contributed by atoms with E-state index in [1.165, 1.54) is 31.7 Å². The Morgan fingerprint density at radius 3 is 2.44 bits per heavy atom. The maximum atomic E-state index is 13.3. The maximum absolute atomic E-state index is 13.3. The van der Waals surface area contributed by atoms with Crippen LogP contribution in [0.1, 0.15) is 37.3 Å². The molecule has 1 saturated heterocycles. The van der Waals surface area contributed by atoms with Crippen LogP contribution in [0.2, 0.25) is 0 Å². The highest BCUT2D eigenvalue weighted by atomic mass is 79.9. The van der Waals surface area contributed by atoms with Crippen molar-refractivity contribution in [3.05, 3.63) is 34.1 Å². The van der Waals surface area contributed by atoms with E-state index in [0.29, 0.717) is 11.0 Å². The van der Waals surface area contributed by atoms with Crippen LogP contribution in [0.4, 0.5) is 4.39 Å². The summed E-state index contributed by atoms with van der Waals surface area (Å²) in [5.41, 5.74) is 7.03. The molecule has 1 unspecified atom stereocenters. The highest BCUT2D eigenvalue weighted by molar-refractivity contribution is 9.10. The van der Waals surface area contributed by atoms with Gasteiger partial charge in [0.15, 0.2) is 0 Å². The summed E-state index contributed by atoms with van der Waals surface area (Å²) < 4.78 is 13.8. The second-order valence-corrected chi connectivity index (χ2v) is 5.73. The van der Waals surface area contributed by atoms with E-state index in [1.807, 2.05) is 12.1 Å². The van der Waals surface area contributed by atoms with Gasteiger partial charge in [0.05, 0.1) is 4.47 Å². The van der Waals surface area contributed by atoms with Gasteiger partial charge in [-0.2, -0.15) is 0 Å². The fraction of sp³-hybridized carbons (Fsp3) is 0.571. The third kappa shape index (κ3) is 3.31. The van der Waals surface area contributed by atoms with Gasteiger partial charge >= 0.3 is 0 Å². The molecule has 1 atom stereocenters. The molecule has 100 valence electrons. The standard InChI is InChI=1S/C14H20BrFN2/c15-12-9-11(5-6-13(12)16)14(10-17)18-7-3-1-2-4-8-18/h5-6,9,14H,1-4,7-8,10,17H2. The monoisotopic (exact) mass is 314 g/mol. The quantitative estimate of drug-likeness (QED) is 0.925. The molecule has 0 bridgehead atoms. The zero-order valence-electron chi connectivity index (χ0n) is 10.5. The minimum absolute atomic E-state index is 0.208. The zero-order chi connectivity index (χ0) is 13.0. The van der Waals surface area contributed by atoms with Crippen molar-refractivity contribution in [1.29, 1.82) is 0 Å². The van der Waals surface area contributed by atoms with Gasteiger partial charge in [-0.15, -0.1) is 0 Å². The zero-order valence-corrected chi connectivity index (χ0v) is 12.1. The lowest BCUT2D eigenvalue weighted by Crippen LogP contribution is -2.34. The number of likely N-dealkylation sites (tertiary alicyclic amines) is 1. The topological polar surface area (TPSA) is 29.3 Å². The summed E-state index contributed by atoms with van der Waals surface area (Å²) in [6, 6.07) is 5.43. The molecule has 1 aliphatic heterocycles. The van der Waals surface area contributed by atoms with Crippen LogP contribution in [0.3, 0.4) is 0 Å². The van der Waals surface area contributed by atoms with E-state index in [9.17, 15) is 4.39 Å². The molecule has 0 aromatic heterocycles. The molecule has 2 N–H and O–H groups in total. The summed E-state index contributed by atoms with van der Waals surface area (Å²) in [7, 11) is 0. The van der Waals surface area contributed by atoms with E-state index in [-0.39, 0.29) is 11.9 Å². The number of nitrogens with two attached hydrogens (primary N) is 1. The first-order valence-electron chi connectivity index (χ1n) is 6.61. The summed E-state index contributed by atoms with van der Waals surface area (Å²) in [5, 5.41) is 0. The third-order valence-corrected chi connectivity index (χ3v) is 4.24. The van der Waals surface area contributed by atoms with Crippen LogP contribution in [0.25, 0.3) is 0 Å². The fourth-order valence-corrected chi connectivity index (χ4v) is 3.02. The predicted molar refractivity (Wildman–Crippen MR) is 75.9 cm³/mol. The second kappa shape index (κ2) is 6.64. The van der Waals surface area contributed by atoms with Crippen molar-refractivity contribution in [1.82, 2.24) is 4.90 Å². The van der Waals surface area contributed by atoms with E-state index in [2.05, 4.69) is 20.8 Å². The van der Waals surface area contributed by atoms with Crippen molar-refractivity contribution in [2.24, 2.45) is 5.73 Å². The molecule has 0 spiro atoms. The summed E-state index contributed by atoms with van der Waals surface area (Å²) >= 11 is 3.25. The molecule has 1 fully saturated rings. The van der Waals surface area contributed by atoms with Gasteiger partial charge in [0.25, 0.3) is 0 Å². The van der Waals surface area contributed by atoms with Gasteiger partial charge in [-0.05, 0) is 59.6 Å². The Kier molecular flexibility index (Phi) is 5.15. The molecule has 0 amide bonds. The van der Waals surface area contributed by atoms with E-state index in [4.69, 9.17) is 5.73 Å². The minimum Gasteiger partial charge on any atom is -0.329 e. The van der Waals surface area contributed by atoms with Crippen LogP contribution >= 0.6 is 15.9 Å². The highest BCUT2D eigenvalue weighted by Crippen LogP contribution is 2.26. The minimum atomic E-state index is -0.217. The average Bonchev–Trinajstić information content (AvgIpc) is 2.64. The predicted octanol–water partition coefficient (Wildman–Crippen LogP) is 3.46. The Morgan fingerprint density at radius 1 is 1.22 bits per heavy atom. The van der Waals surface area contributed by atoms with Gasteiger partial charge < -0.3 is 5.73 Å². The Hall–Kier alpha value is -0.450. The first-order chi connectivity index (χ1) is 8.72. The number of rotatable bonds is 3. The Bertz CT molecular complexity index is 389. The smallest absolute Gasteiger partial charge is 0.137 e. The Labute approximate surface area is 116 Å². The van der Waals surface area contributed by atoms with Crippen molar-refractivity contribution in [3.8, 4) is 0 Å². The lowest BCUT2D eigenvalue weighted by Gasteiger charge is -2.30. The summed E-state index contributed by atoms with van der Waals surface area (Å²) in [5.74, 6) is -0.217. The summed E-state index contributed by atoms with van der Waals surface area (Å²) in [6.07, 6.45) is 5.08. The molecule has 2 nitrogen and oxygen atoms in total. The van der Waals surface area contributed by atoms with Crippen LogP contribution in [-0.4, -0.2) is 24.5 Å². The van der Waals surface area contributed by atoms with E-state index in [1.54, 1.807) is 0 Å². The van der Waals surface area contributed by atoms with Crippen molar-refractivity contribution in [2.75, 3.05) is 19.6 Å². The van der Waals surface area contributed by atoms with Gasteiger partial charge in [0.1, 0.15) is 5.82 Å². The molecule has 1 aromatic carbocycles. The molecule has 18 heavy (non-hydrogen) atoms. The molecular weight excluding hydrogens is 295 g/mol. The van der Waals surface area contributed by atoms with Crippen molar-refractivity contribution >= 4 is 15.9 Å². The lowest BCUT2D eigenvalue weighted by atomic mass is 10.0. The molecule has 1 heterocycles. The second-order valence-electron chi connectivity index (χ2n) is 4.88. The molecular formula is C14H20BrFN2. The van der Waals surface area contributed by atoms with Crippen molar-refractivity contribution < 1.29 is 4.39 Å². The van der Waals surface area contributed by atoms with E-state index in [0.717, 1.165) is 18.7 Å². The number of benzene rings is 1. The SMILES string of the molecule is NCC(c1ccc(F)c(Br)c1)N1CCCCCC1. The first-order valence-corrected chi connectivity index (χ1v) is 7.40. The number of hydrogen-bond acceptors (Lipinski definition) is 2. The van der Waals surface area contributed by atoms with Gasteiger partial charge in [-0.3, -0.25) is 4.90 Å². The van der Waals surface area contributed by atoms with Gasteiger partial charge in [-0.25, -0.2) is 4.39 Å². The van der Waals surface area contributed by atoms with Crippen LogP contribution in [0, 0.1) is 5.82 Å². The molecule has 0 radical (unpaired) electrons.